The maximum absolute atomic E-state index is 12.7. The van der Waals surface area contributed by atoms with Crippen molar-refractivity contribution in [1.82, 2.24) is 14.9 Å². The van der Waals surface area contributed by atoms with Crippen LogP contribution < -0.4 is 14.8 Å². The molecule has 1 N–H and O–H groups in total. The lowest BCUT2D eigenvalue weighted by atomic mass is 10.1. The minimum absolute atomic E-state index is 0.153. The van der Waals surface area contributed by atoms with E-state index in [9.17, 15) is 4.79 Å². The van der Waals surface area contributed by atoms with Gasteiger partial charge >= 0.3 is 0 Å². The monoisotopic (exact) mass is 457 g/mol. The van der Waals surface area contributed by atoms with Crippen LogP contribution in [0.2, 0.25) is 0 Å². The highest BCUT2D eigenvalue weighted by molar-refractivity contribution is 5.94. The Kier molecular flexibility index (Phi) is 7.48. The van der Waals surface area contributed by atoms with Crippen LogP contribution in [0.3, 0.4) is 0 Å². The fourth-order valence-electron chi connectivity index (χ4n) is 3.90. The molecule has 6 heteroatoms. The highest BCUT2D eigenvalue weighted by Crippen LogP contribution is 2.19. The van der Waals surface area contributed by atoms with Crippen LogP contribution in [-0.2, 0) is 13.1 Å². The number of imidazole rings is 1. The second-order valence-corrected chi connectivity index (χ2v) is 8.38. The Labute approximate surface area is 200 Å². The number of methoxy groups -OCH3 is 1. The lowest BCUT2D eigenvalue weighted by Crippen LogP contribution is -2.24. The van der Waals surface area contributed by atoms with Gasteiger partial charge < -0.3 is 19.4 Å². The number of hydrogen-bond acceptors (Lipinski definition) is 4. The first kappa shape index (κ1) is 23.4. The van der Waals surface area contributed by atoms with E-state index in [0.29, 0.717) is 24.5 Å². The number of nitrogens with zero attached hydrogens (tertiary/aromatic N) is 2. The van der Waals surface area contributed by atoms with Crippen molar-refractivity contribution in [2.24, 2.45) is 0 Å². The van der Waals surface area contributed by atoms with E-state index in [4.69, 9.17) is 14.5 Å². The van der Waals surface area contributed by atoms with Crippen molar-refractivity contribution in [3.05, 3.63) is 89.2 Å². The van der Waals surface area contributed by atoms with Gasteiger partial charge in [0, 0.05) is 12.1 Å². The van der Waals surface area contributed by atoms with E-state index < -0.39 is 0 Å². The summed E-state index contributed by atoms with van der Waals surface area (Å²) in [6.07, 6.45) is 1.87. The number of carbonyl (C=O) groups excluding carboxylic acids is 1. The van der Waals surface area contributed by atoms with E-state index in [-0.39, 0.29) is 5.91 Å². The fraction of sp³-hybridized carbons (Fsp3) is 0.286. The zero-order chi connectivity index (χ0) is 23.9. The van der Waals surface area contributed by atoms with E-state index in [2.05, 4.69) is 41.9 Å². The van der Waals surface area contributed by atoms with Crippen molar-refractivity contribution in [3.63, 3.8) is 0 Å². The summed E-state index contributed by atoms with van der Waals surface area (Å²) in [6, 6.07) is 21.4. The SMILES string of the molecule is COc1cccc(C(=O)NCc2nc3ccccc3n2CCCCOc2ccc(C)c(C)c2)c1. The lowest BCUT2D eigenvalue weighted by Gasteiger charge is -2.12. The number of aromatic nitrogens is 2. The van der Waals surface area contributed by atoms with Gasteiger partial charge in [0.1, 0.15) is 17.3 Å². The van der Waals surface area contributed by atoms with Gasteiger partial charge in [0.2, 0.25) is 0 Å². The molecule has 0 aliphatic heterocycles. The molecule has 0 unspecified atom stereocenters. The first-order chi connectivity index (χ1) is 16.5. The summed E-state index contributed by atoms with van der Waals surface area (Å²) in [6.45, 7) is 6.02. The maximum Gasteiger partial charge on any atom is 0.251 e. The molecule has 0 saturated heterocycles. The van der Waals surface area contributed by atoms with Gasteiger partial charge in [0.05, 0.1) is 31.3 Å². The Morgan fingerprint density at radius 3 is 2.62 bits per heavy atom. The molecule has 1 aromatic heterocycles. The van der Waals surface area contributed by atoms with Crippen molar-refractivity contribution in [2.75, 3.05) is 13.7 Å². The number of aryl methyl sites for hydroxylation is 3. The highest BCUT2D eigenvalue weighted by atomic mass is 16.5. The van der Waals surface area contributed by atoms with Gasteiger partial charge in [-0.15, -0.1) is 0 Å². The first-order valence-corrected chi connectivity index (χ1v) is 11.6. The largest absolute Gasteiger partial charge is 0.497 e. The molecule has 0 saturated carbocycles. The van der Waals surface area contributed by atoms with Crippen LogP contribution in [-0.4, -0.2) is 29.2 Å². The minimum atomic E-state index is -0.153. The van der Waals surface area contributed by atoms with Crippen molar-refractivity contribution >= 4 is 16.9 Å². The topological polar surface area (TPSA) is 65.4 Å². The first-order valence-electron chi connectivity index (χ1n) is 11.6. The number of fused-ring (bicyclic) bond motifs is 1. The normalized spacial score (nSPS) is 10.9. The van der Waals surface area contributed by atoms with Crippen LogP contribution >= 0.6 is 0 Å². The van der Waals surface area contributed by atoms with Crippen LogP contribution in [0.4, 0.5) is 0 Å². The summed E-state index contributed by atoms with van der Waals surface area (Å²) in [5, 5.41) is 3.00. The molecule has 0 radical (unpaired) electrons. The van der Waals surface area contributed by atoms with Gasteiger partial charge in [-0.3, -0.25) is 4.79 Å². The summed E-state index contributed by atoms with van der Waals surface area (Å²) in [7, 11) is 1.59. The molecule has 176 valence electrons. The molecule has 4 rings (SSSR count). The number of hydrogen-bond donors (Lipinski definition) is 1. The average molecular weight is 458 g/mol. The molecule has 34 heavy (non-hydrogen) atoms. The van der Waals surface area contributed by atoms with Crippen LogP contribution in [0.5, 0.6) is 11.5 Å². The van der Waals surface area contributed by atoms with Gasteiger partial charge in [-0.2, -0.15) is 0 Å². The number of benzene rings is 3. The molecule has 0 aliphatic carbocycles. The standard InChI is InChI=1S/C28H31N3O3/c1-20-13-14-24(17-21(20)2)34-16-7-6-15-31-26-12-5-4-11-25(26)30-27(31)19-29-28(32)22-9-8-10-23(18-22)33-3/h4-5,8-14,17-18H,6-7,15-16,19H2,1-3H3,(H,29,32). The third-order valence-electron chi connectivity index (χ3n) is 6.00. The summed E-state index contributed by atoms with van der Waals surface area (Å²) >= 11 is 0. The summed E-state index contributed by atoms with van der Waals surface area (Å²) in [5.74, 6) is 2.26. The van der Waals surface area contributed by atoms with E-state index in [1.54, 1.807) is 19.2 Å². The molecular formula is C28H31N3O3. The predicted octanol–water partition coefficient (Wildman–Crippen LogP) is 5.45. The summed E-state index contributed by atoms with van der Waals surface area (Å²) in [4.78, 5) is 17.4. The number of nitrogens with one attached hydrogen (secondary N) is 1. The second-order valence-electron chi connectivity index (χ2n) is 8.38. The van der Waals surface area contributed by atoms with Gasteiger partial charge in [-0.1, -0.05) is 24.3 Å². The highest BCUT2D eigenvalue weighted by Gasteiger charge is 2.13. The molecule has 4 aromatic rings. The molecule has 0 atom stereocenters. The molecular weight excluding hydrogens is 426 g/mol. The lowest BCUT2D eigenvalue weighted by molar-refractivity contribution is 0.0949. The van der Waals surface area contributed by atoms with Gasteiger partial charge in [-0.25, -0.2) is 4.98 Å². The number of carbonyl (C=O) groups is 1. The molecule has 0 bridgehead atoms. The Balaban J connectivity index is 1.37. The minimum Gasteiger partial charge on any atom is -0.497 e. The fourth-order valence-corrected chi connectivity index (χ4v) is 3.90. The van der Waals surface area contributed by atoms with Crippen LogP contribution in [0.15, 0.2) is 66.7 Å². The zero-order valence-electron chi connectivity index (χ0n) is 20.0. The quantitative estimate of drug-likeness (QED) is 0.322. The molecule has 3 aromatic carbocycles. The maximum atomic E-state index is 12.7. The number of rotatable bonds is 10. The zero-order valence-corrected chi connectivity index (χ0v) is 20.0. The Morgan fingerprint density at radius 1 is 0.941 bits per heavy atom. The molecule has 1 amide bonds. The summed E-state index contributed by atoms with van der Waals surface area (Å²) in [5.41, 5.74) is 5.07. The van der Waals surface area contributed by atoms with Gasteiger partial charge in [-0.05, 0) is 80.3 Å². The number of unbranched alkanes of at least 4 members (excludes halogenated alkanes) is 1. The number of amides is 1. The van der Waals surface area contributed by atoms with E-state index in [1.165, 1.54) is 11.1 Å². The smallest absolute Gasteiger partial charge is 0.251 e. The van der Waals surface area contributed by atoms with E-state index in [1.807, 2.05) is 36.4 Å². The molecule has 6 nitrogen and oxygen atoms in total. The molecule has 0 aliphatic rings. The predicted molar refractivity (Wildman–Crippen MR) is 135 cm³/mol. The molecule has 0 fully saturated rings. The Hall–Kier alpha value is -3.80. The van der Waals surface area contributed by atoms with Crippen LogP contribution in [0.1, 0.15) is 40.2 Å². The summed E-state index contributed by atoms with van der Waals surface area (Å²) < 4.78 is 13.3. The van der Waals surface area contributed by atoms with E-state index in [0.717, 1.165) is 42.0 Å². The Morgan fingerprint density at radius 2 is 1.79 bits per heavy atom. The van der Waals surface area contributed by atoms with Crippen molar-refractivity contribution in [3.8, 4) is 11.5 Å². The van der Waals surface area contributed by atoms with Crippen molar-refractivity contribution in [1.29, 1.82) is 0 Å². The van der Waals surface area contributed by atoms with Crippen LogP contribution in [0.25, 0.3) is 11.0 Å². The average Bonchev–Trinajstić information content (AvgIpc) is 3.22. The van der Waals surface area contributed by atoms with Gasteiger partial charge in [0.25, 0.3) is 5.91 Å². The third kappa shape index (κ3) is 5.57. The molecule has 0 spiro atoms. The third-order valence-corrected chi connectivity index (χ3v) is 6.00. The Bertz CT molecular complexity index is 1280. The molecule has 1 heterocycles. The van der Waals surface area contributed by atoms with Crippen LogP contribution in [0, 0.1) is 13.8 Å². The van der Waals surface area contributed by atoms with Crippen molar-refractivity contribution < 1.29 is 14.3 Å². The van der Waals surface area contributed by atoms with Gasteiger partial charge in [0.15, 0.2) is 0 Å². The number of ether oxygens (including phenoxy) is 2. The van der Waals surface area contributed by atoms with Crippen molar-refractivity contribution in [2.45, 2.75) is 39.8 Å². The number of para-hydroxylation sites is 2. The van der Waals surface area contributed by atoms with E-state index >= 15 is 0 Å². The second kappa shape index (κ2) is 10.9.